The standard InChI is InChI=1S/C13H14ClN3S/c1-17-12(10-5-6-10)15-16-13(17)18-8-9-3-2-4-11(14)7-9/h2-4,7,10H,5-6,8H2,1H3. The Balaban J connectivity index is 1.69. The van der Waals surface area contributed by atoms with E-state index in [1.807, 2.05) is 25.2 Å². The minimum Gasteiger partial charge on any atom is -0.309 e. The summed E-state index contributed by atoms with van der Waals surface area (Å²) in [5.41, 5.74) is 1.21. The third-order valence-electron chi connectivity index (χ3n) is 3.07. The number of thioether (sulfide) groups is 1. The molecular formula is C13H14ClN3S. The van der Waals surface area contributed by atoms with Gasteiger partial charge in [-0.3, -0.25) is 0 Å². The molecule has 1 heterocycles. The quantitative estimate of drug-likeness (QED) is 0.801. The van der Waals surface area contributed by atoms with Crippen LogP contribution in [0.5, 0.6) is 0 Å². The predicted octanol–water partition coefficient (Wildman–Crippen LogP) is 3.64. The van der Waals surface area contributed by atoms with Crippen molar-refractivity contribution in [2.24, 2.45) is 7.05 Å². The topological polar surface area (TPSA) is 30.7 Å². The molecule has 3 rings (SSSR count). The lowest BCUT2D eigenvalue weighted by atomic mass is 10.2. The summed E-state index contributed by atoms with van der Waals surface area (Å²) in [6.45, 7) is 0. The molecule has 5 heteroatoms. The van der Waals surface area contributed by atoms with Crippen molar-refractivity contribution < 1.29 is 0 Å². The van der Waals surface area contributed by atoms with E-state index in [-0.39, 0.29) is 0 Å². The van der Waals surface area contributed by atoms with E-state index in [1.54, 1.807) is 11.8 Å². The Bertz CT molecular complexity index is 563. The fraction of sp³-hybridized carbons (Fsp3) is 0.385. The first-order valence-corrected chi connectivity index (χ1v) is 7.37. The Kier molecular flexibility index (Phi) is 3.31. The summed E-state index contributed by atoms with van der Waals surface area (Å²) in [7, 11) is 2.05. The molecule has 1 fully saturated rings. The van der Waals surface area contributed by atoms with Crippen LogP contribution in [0.3, 0.4) is 0 Å². The van der Waals surface area contributed by atoms with Crippen LogP contribution in [0.2, 0.25) is 5.02 Å². The van der Waals surface area contributed by atoms with E-state index in [9.17, 15) is 0 Å². The van der Waals surface area contributed by atoms with Gasteiger partial charge < -0.3 is 4.57 Å². The van der Waals surface area contributed by atoms with E-state index in [2.05, 4.69) is 20.8 Å². The molecule has 18 heavy (non-hydrogen) atoms. The molecule has 1 aliphatic carbocycles. The van der Waals surface area contributed by atoms with Gasteiger partial charge in [0.25, 0.3) is 0 Å². The van der Waals surface area contributed by atoms with Crippen LogP contribution in [0, 0.1) is 0 Å². The molecule has 0 unspecified atom stereocenters. The molecular weight excluding hydrogens is 266 g/mol. The molecule has 2 aromatic rings. The zero-order valence-electron chi connectivity index (χ0n) is 10.1. The van der Waals surface area contributed by atoms with Crippen LogP contribution in [0.25, 0.3) is 0 Å². The first-order chi connectivity index (χ1) is 8.74. The van der Waals surface area contributed by atoms with Crippen molar-refractivity contribution in [2.45, 2.75) is 29.7 Å². The summed E-state index contributed by atoms with van der Waals surface area (Å²) in [6.07, 6.45) is 2.51. The van der Waals surface area contributed by atoms with Gasteiger partial charge in [-0.2, -0.15) is 0 Å². The molecule has 0 N–H and O–H groups in total. The zero-order chi connectivity index (χ0) is 12.5. The fourth-order valence-electron chi connectivity index (χ4n) is 1.92. The first kappa shape index (κ1) is 12.1. The predicted molar refractivity (Wildman–Crippen MR) is 74.0 cm³/mol. The molecule has 0 aliphatic heterocycles. The number of hydrogen-bond acceptors (Lipinski definition) is 3. The van der Waals surface area contributed by atoms with Gasteiger partial charge in [0.15, 0.2) is 5.16 Å². The first-order valence-electron chi connectivity index (χ1n) is 6.00. The molecule has 94 valence electrons. The maximum Gasteiger partial charge on any atom is 0.191 e. The molecule has 0 saturated heterocycles. The minimum absolute atomic E-state index is 0.642. The second-order valence-corrected chi connectivity index (χ2v) is 5.97. The summed E-state index contributed by atoms with van der Waals surface area (Å²) in [4.78, 5) is 0. The van der Waals surface area contributed by atoms with Crippen molar-refractivity contribution >= 4 is 23.4 Å². The molecule has 0 amide bonds. The molecule has 1 aromatic carbocycles. The lowest BCUT2D eigenvalue weighted by molar-refractivity contribution is 0.736. The van der Waals surface area contributed by atoms with Gasteiger partial charge >= 0.3 is 0 Å². The third kappa shape index (κ3) is 2.54. The molecule has 1 saturated carbocycles. The zero-order valence-corrected chi connectivity index (χ0v) is 11.7. The van der Waals surface area contributed by atoms with Crippen molar-refractivity contribution in [1.82, 2.24) is 14.8 Å². The van der Waals surface area contributed by atoms with Gasteiger partial charge in [-0.05, 0) is 30.5 Å². The Morgan fingerprint density at radius 1 is 1.39 bits per heavy atom. The average molecular weight is 280 g/mol. The monoisotopic (exact) mass is 279 g/mol. The molecule has 1 aromatic heterocycles. The van der Waals surface area contributed by atoms with Crippen LogP contribution in [0.15, 0.2) is 29.4 Å². The molecule has 0 radical (unpaired) electrons. The van der Waals surface area contributed by atoms with Gasteiger partial charge in [0.1, 0.15) is 5.82 Å². The lowest BCUT2D eigenvalue weighted by Crippen LogP contribution is -1.97. The molecule has 0 spiro atoms. The van der Waals surface area contributed by atoms with E-state index in [4.69, 9.17) is 11.6 Å². The SMILES string of the molecule is Cn1c(SCc2cccc(Cl)c2)nnc1C1CC1. The molecule has 3 nitrogen and oxygen atoms in total. The van der Waals surface area contributed by atoms with Gasteiger partial charge in [-0.25, -0.2) is 0 Å². The van der Waals surface area contributed by atoms with Crippen molar-refractivity contribution in [3.05, 3.63) is 40.7 Å². The van der Waals surface area contributed by atoms with Crippen LogP contribution in [-0.4, -0.2) is 14.8 Å². The highest BCUT2D eigenvalue weighted by Gasteiger charge is 2.29. The van der Waals surface area contributed by atoms with Crippen molar-refractivity contribution in [3.8, 4) is 0 Å². The second-order valence-electron chi connectivity index (χ2n) is 4.59. The molecule has 1 aliphatic rings. The van der Waals surface area contributed by atoms with Gasteiger partial charge in [-0.15, -0.1) is 10.2 Å². The van der Waals surface area contributed by atoms with Crippen molar-refractivity contribution in [2.75, 3.05) is 0 Å². The highest BCUT2D eigenvalue weighted by atomic mass is 35.5. The molecule has 0 bridgehead atoms. The van der Waals surface area contributed by atoms with Gasteiger partial charge in [0, 0.05) is 23.7 Å². The number of benzene rings is 1. The fourth-order valence-corrected chi connectivity index (χ4v) is 3.00. The van der Waals surface area contributed by atoms with E-state index < -0.39 is 0 Å². The number of aromatic nitrogens is 3. The van der Waals surface area contributed by atoms with Crippen molar-refractivity contribution in [3.63, 3.8) is 0 Å². The highest BCUT2D eigenvalue weighted by molar-refractivity contribution is 7.98. The lowest BCUT2D eigenvalue weighted by Gasteiger charge is -2.03. The summed E-state index contributed by atoms with van der Waals surface area (Å²) in [6, 6.07) is 7.94. The summed E-state index contributed by atoms with van der Waals surface area (Å²) >= 11 is 7.67. The summed E-state index contributed by atoms with van der Waals surface area (Å²) in [5, 5.41) is 10.3. The molecule has 0 atom stereocenters. The van der Waals surface area contributed by atoms with E-state index in [0.29, 0.717) is 5.92 Å². The maximum atomic E-state index is 5.97. The number of hydrogen-bond donors (Lipinski definition) is 0. The normalized spacial score (nSPS) is 15.0. The second kappa shape index (κ2) is 4.94. The van der Waals surface area contributed by atoms with Gasteiger partial charge in [0.2, 0.25) is 0 Å². The summed E-state index contributed by atoms with van der Waals surface area (Å²) < 4.78 is 2.12. The Hall–Kier alpha value is -1.00. The van der Waals surface area contributed by atoms with Crippen LogP contribution in [-0.2, 0) is 12.8 Å². The van der Waals surface area contributed by atoms with Crippen LogP contribution < -0.4 is 0 Å². The van der Waals surface area contributed by atoms with Crippen LogP contribution in [0.1, 0.15) is 30.1 Å². The van der Waals surface area contributed by atoms with Gasteiger partial charge in [-0.1, -0.05) is 35.5 Å². The number of nitrogens with zero attached hydrogens (tertiary/aromatic N) is 3. The third-order valence-corrected chi connectivity index (χ3v) is 4.39. The van der Waals surface area contributed by atoms with Crippen molar-refractivity contribution in [1.29, 1.82) is 0 Å². The van der Waals surface area contributed by atoms with E-state index in [0.717, 1.165) is 21.8 Å². The Labute approximate surface area is 116 Å². The minimum atomic E-state index is 0.642. The Morgan fingerprint density at radius 3 is 2.94 bits per heavy atom. The summed E-state index contributed by atoms with van der Waals surface area (Å²) in [5.74, 6) is 2.64. The van der Waals surface area contributed by atoms with Crippen LogP contribution in [0.4, 0.5) is 0 Å². The highest BCUT2D eigenvalue weighted by Crippen LogP contribution is 2.39. The van der Waals surface area contributed by atoms with Gasteiger partial charge in [0.05, 0.1) is 0 Å². The van der Waals surface area contributed by atoms with E-state index in [1.165, 1.54) is 18.4 Å². The number of rotatable bonds is 4. The number of halogens is 1. The largest absolute Gasteiger partial charge is 0.309 e. The van der Waals surface area contributed by atoms with Crippen LogP contribution >= 0.6 is 23.4 Å². The Morgan fingerprint density at radius 2 is 2.22 bits per heavy atom. The van der Waals surface area contributed by atoms with E-state index >= 15 is 0 Å². The average Bonchev–Trinajstić information content (AvgIpc) is 3.12. The maximum absolute atomic E-state index is 5.97. The smallest absolute Gasteiger partial charge is 0.191 e.